The topological polar surface area (TPSA) is 49.3 Å². The molecule has 2 unspecified atom stereocenters. The zero-order valence-corrected chi connectivity index (χ0v) is 10.4. The van der Waals surface area contributed by atoms with Gasteiger partial charge in [-0.3, -0.25) is 4.79 Å². The van der Waals surface area contributed by atoms with Crippen LogP contribution in [0.4, 0.5) is 5.69 Å². The van der Waals surface area contributed by atoms with Crippen molar-refractivity contribution in [3.05, 3.63) is 29.3 Å². The summed E-state index contributed by atoms with van der Waals surface area (Å²) in [6.45, 7) is 4.01. The Kier molecular flexibility index (Phi) is 3.48. The Bertz CT molecular complexity index is 408. The minimum Gasteiger partial charge on any atom is -0.392 e. The first-order valence-electron chi connectivity index (χ1n) is 6.13. The summed E-state index contributed by atoms with van der Waals surface area (Å²) in [5.41, 5.74) is 3.09. The Morgan fingerprint density at radius 3 is 2.41 bits per heavy atom. The first-order chi connectivity index (χ1) is 8.06. The van der Waals surface area contributed by atoms with Gasteiger partial charge in [0, 0.05) is 5.69 Å². The number of amides is 1. The summed E-state index contributed by atoms with van der Waals surface area (Å²) >= 11 is 0. The van der Waals surface area contributed by atoms with Gasteiger partial charge in [0.05, 0.1) is 12.0 Å². The number of aryl methyl sites for hydroxylation is 2. The Morgan fingerprint density at radius 2 is 1.88 bits per heavy atom. The molecule has 92 valence electrons. The van der Waals surface area contributed by atoms with Crippen LogP contribution in [0.15, 0.2) is 18.2 Å². The van der Waals surface area contributed by atoms with Crippen molar-refractivity contribution in [2.45, 2.75) is 39.2 Å². The maximum atomic E-state index is 12.0. The number of hydrogen-bond donors (Lipinski definition) is 2. The third-order valence-corrected chi connectivity index (χ3v) is 3.31. The number of hydrogen-bond acceptors (Lipinski definition) is 2. The predicted octanol–water partition coefficient (Wildman–Crippen LogP) is 2.40. The first-order valence-corrected chi connectivity index (χ1v) is 6.13. The summed E-state index contributed by atoms with van der Waals surface area (Å²) in [4.78, 5) is 12.0. The second-order valence-corrected chi connectivity index (χ2v) is 4.97. The third-order valence-electron chi connectivity index (χ3n) is 3.31. The largest absolute Gasteiger partial charge is 0.392 e. The van der Waals surface area contributed by atoms with E-state index in [0.717, 1.165) is 36.1 Å². The number of carbonyl (C=O) groups is 1. The molecule has 1 amide bonds. The fourth-order valence-electron chi connectivity index (χ4n) is 2.53. The van der Waals surface area contributed by atoms with Crippen LogP contribution in [0.2, 0.25) is 0 Å². The van der Waals surface area contributed by atoms with Crippen LogP contribution < -0.4 is 5.32 Å². The van der Waals surface area contributed by atoms with E-state index in [1.165, 1.54) is 0 Å². The molecule has 1 aromatic carbocycles. The maximum Gasteiger partial charge on any atom is 0.230 e. The lowest BCUT2D eigenvalue weighted by atomic mass is 10.0. The quantitative estimate of drug-likeness (QED) is 0.824. The third kappa shape index (κ3) is 2.86. The Hall–Kier alpha value is -1.35. The second-order valence-electron chi connectivity index (χ2n) is 4.97. The van der Waals surface area contributed by atoms with Crippen molar-refractivity contribution < 1.29 is 9.90 Å². The van der Waals surface area contributed by atoms with Gasteiger partial charge in [0.2, 0.25) is 5.91 Å². The van der Waals surface area contributed by atoms with E-state index in [-0.39, 0.29) is 11.8 Å². The highest BCUT2D eigenvalue weighted by molar-refractivity contribution is 5.93. The first kappa shape index (κ1) is 12.1. The minimum absolute atomic E-state index is 0.0556. The minimum atomic E-state index is -0.471. The van der Waals surface area contributed by atoms with Crippen molar-refractivity contribution in [3.8, 4) is 0 Å². The molecular weight excluding hydrogens is 214 g/mol. The molecule has 0 saturated heterocycles. The molecule has 1 aliphatic rings. The monoisotopic (exact) mass is 233 g/mol. The Morgan fingerprint density at radius 1 is 1.24 bits per heavy atom. The highest BCUT2D eigenvalue weighted by Crippen LogP contribution is 2.27. The molecule has 3 nitrogen and oxygen atoms in total. The van der Waals surface area contributed by atoms with Crippen LogP contribution in [0.25, 0.3) is 0 Å². The van der Waals surface area contributed by atoms with Gasteiger partial charge < -0.3 is 10.4 Å². The molecule has 1 aliphatic carbocycles. The van der Waals surface area contributed by atoms with E-state index in [1.807, 2.05) is 26.0 Å². The van der Waals surface area contributed by atoms with Gasteiger partial charge in [-0.25, -0.2) is 0 Å². The number of benzene rings is 1. The highest BCUT2D eigenvalue weighted by Gasteiger charge is 2.31. The molecule has 1 fully saturated rings. The van der Waals surface area contributed by atoms with Crippen LogP contribution in [-0.4, -0.2) is 17.1 Å². The van der Waals surface area contributed by atoms with Gasteiger partial charge in [0.1, 0.15) is 0 Å². The Labute approximate surface area is 102 Å². The number of aliphatic hydroxyl groups is 1. The standard InChI is InChI=1S/C14H19NO2/c1-9-6-10(2)8-11(7-9)15-14(17)12-4-3-5-13(12)16/h6-8,12-13,16H,3-5H2,1-2H3,(H,15,17). The lowest BCUT2D eigenvalue weighted by Crippen LogP contribution is -2.28. The average Bonchev–Trinajstić information content (AvgIpc) is 2.62. The second kappa shape index (κ2) is 4.88. The van der Waals surface area contributed by atoms with E-state index in [2.05, 4.69) is 11.4 Å². The molecule has 1 saturated carbocycles. The smallest absolute Gasteiger partial charge is 0.230 e. The number of anilines is 1. The van der Waals surface area contributed by atoms with Gasteiger partial charge in [-0.1, -0.05) is 6.07 Å². The van der Waals surface area contributed by atoms with Crippen LogP contribution in [0.5, 0.6) is 0 Å². The number of aliphatic hydroxyl groups excluding tert-OH is 1. The number of rotatable bonds is 2. The number of nitrogens with one attached hydrogen (secondary N) is 1. The number of carbonyl (C=O) groups excluding carboxylic acids is 1. The Balaban J connectivity index is 2.07. The van der Waals surface area contributed by atoms with Crippen LogP contribution in [0.1, 0.15) is 30.4 Å². The fraction of sp³-hybridized carbons (Fsp3) is 0.500. The molecule has 3 heteroatoms. The van der Waals surface area contributed by atoms with Crippen molar-refractivity contribution in [1.82, 2.24) is 0 Å². The average molecular weight is 233 g/mol. The fourth-order valence-corrected chi connectivity index (χ4v) is 2.53. The van der Waals surface area contributed by atoms with E-state index < -0.39 is 6.10 Å². The molecule has 0 spiro atoms. The zero-order chi connectivity index (χ0) is 12.4. The van der Waals surface area contributed by atoms with Crippen molar-refractivity contribution in [1.29, 1.82) is 0 Å². The van der Waals surface area contributed by atoms with Gasteiger partial charge in [-0.15, -0.1) is 0 Å². The highest BCUT2D eigenvalue weighted by atomic mass is 16.3. The molecular formula is C14H19NO2. The SMILES string of the molecule is Cc1cc(C)cc(NC(=O)C2CCCC2O)c1. The summed E-state index contributed by atoms with van der Waals surface area (Å²) in [6, 6.07) is 5.97. The summed E-state index contributed by atoms with van der Waals surface area (Å²) in [6.07, 6.45) is 2.00. The summed E-state index contributed by atoms with van der Waals surface area (Å²) < 4.78 is 0. The predicted molar refractivity (Wildman–Crippen MR) is 67.9 cm³/mol. The van der Waals surface area contributed by atoms with E-state index in [0.29, 0.717) is 0 Å². The zero-order valence-electron chi connectivity index (χ0n) is 10.4. The van der Waals surface area contributed by atoms with Crippen molar-refractivity contribution in [3.63, 3.8) is 0 Å². The van der Waals surface area contributed by atoms with E-state index in [9.17, 15) is 9.90 Å². The van der Waals surface area contributed by atoms with Crippen molar-refractivity contribution in [2.24, 2.45) is 5.92 Å². The van der Waals surface area contributed by atoms with Crippen molar-refractivity contribution >= 4 is 11.6 Å². The molecule has 0 aliphatic heterocycles. The van der Waals surface area contributed by atoms with E-state index in [4.69, 9.17) is 0 Å². The molecule has 17 heavy (non-hydrogen) atoms. The van der Waals surface area contributed by atoms with Gasteiger partial charge in [0.25, 0.3) is 0 Å². The lowest BCUT2D eigenvalue weighted by molar-refractivity contribution is -0.122. The molecule has 0 aromatic heterocycles. The van der Waals surface area contributed by atoms with Crippen LogP contribution in [0, 0.1) is 19.8 Å². The van der Waals surface area contributed by atoms with Gasteiger partial charge in [-0.05, 0) is 56.4 Å². The molecule has 2 N–H and O–H groups in total. The summed E-state index contributed by atoms with van der Waals surface area (Å²) in [5.74, 6) is -0.296. The molecule has 2 atom stereocenters. The lowest BCUT2D eigenvalue weighted by Gasteiger charge is -2.15. The van der Waals surface area contributed by atoms with E-state index >= 15 is 0 Å². The normalized spacial score (nSPS) is 23.7. The summed E-state index contributed by atoms with van der Waals surface area (Å²) in [5, 5.41) is 12.6. The molecule has 0 radical (unpaired) electrons. The van der Waals surface area contributed by atoms with Crippen molar-refractivity contribution in [2.75, 3.05) is 5.32 Å². The van der Waals surface area contributed by atoms with Gasteiger partial charge >= 0.3 is 0 Å². The van der Waals surface area contributed by atoms with Gasteiger partial charge in [0.15, 0.2) is 0 Å². The van der Waals surface area contributed by atoms with Gasteiger partial charge in [-0.2, -0.15) is 0 Å². The van der Waals surface area contributed by atoms with Crippen LogP contribution >= 0.6 is 0 Å². The van der Waals surface area contributed by atoms with Crippen LogP contribution in [-0.2, 0) is 4.79 Å². The molecule has 2 rings (SSSR count). The molecule has 0 heterocycles. The van der Waals surface area contributed by atoms with E-state index in [1.54, 1.807) is 0 Å². The molecule has 0 bridgehead atoms. The summed E-state index contributed by atoms with van der Waals surface area (Å²) in [7, 11) is 0. The maximum absolute atomic E-state index is 12.0. The van der Waals surface area contributed by atoms with Crippen LogP contribution in [0.3, 0.4) is 0 Å². The molecule has 1 aromatic rings.